The SMILES string of the molecule is CC=C1/C(=C\CI)C(C)(C)c2cc(-c3cccc4ccccc34)ccc21. The Labute approximate surface area is 169 Å². The second-order valence-electron chi connectivity index (χ2n) is 7.39. The number of benzene rings is 3. The Morgan fingerprint density at radius 3 is 2.46 bits per heavy atom. The number of alkyl halides is 1. The van der Waals surface area contributed by atoms with E-state index in [2.05, 4.69) is 116 Å². The Morgan fingerprint density at radius 1 is 0.923 bits per heavy atom. The molecule has 0 saturated heterocycles. The van der Waals surface area contributed by atoms with Gasteiger partial charge in [-0.2, -0.15) is 0 Å². The summed E-state index contributed by atoms with van der Waals surface area (Å²) in [5.41, 5.74) is 8.34. The first-order valence-electron chi connectivity index (χ1n) is 9.14. The van der Waals surface area contributed by atoms with Gasteiger partial charge in [-0.25, -0.2) is 0 Å². The summed E-state index contributed by atoms with van der Waals surface area (Å²) < 4.78 is 1.04. The van der Waals surface area contributed by atoms with Crippen molar-refractivity contribution in [3.63, 3.8) is 0 Å². The first-order chi connectivity index (χ1) is 12.6. The molecule has 1 heteroatoms. The number of rotatable bonds is 2. The van der Waals surface area contributed by atoms with Crippen LogP contribution >= 0.6 is 22.6 Å². The fourth-order valence-corrected chi connectivity index (χ4v) is 4.76. The van der Waals surface area contributed by atoms with Gasteiger partial charge in [-0.3, -0.25) is 0 Å². The molecule has 4 rings (SSSR count). The zero-order valence-electron chi connectivity index (χ0n) is 15.5. The standard InChI is InChI=1S/C25H23I/c1-4-19-22-13-12-18(16-24(22)25(2,3)23(19)14-15-26)21-11-7-9-17-8-5-6-10-20(17)21/h4-14,16H,15H2,1-3H3/b19-4?,23-14+. The molecule has 0 radical (unpaired) electrons. The molecule has 130 valence electrons. The van der Waals surface area contributed by atoms with E-state index >= 15 is 0 Å². The van der Waals surface area contributed by atoms with Gasteiger partial charge in [-0.15, -0.1) is 0 Å². The lowest BCUT2D eigenvalue weighted by Crippen LogP contribution is -2.15. The summed E-state index contributed by atoms with van der Waals surface area (Å²) in [5, 5.41) is 2.62. The molecule has 0 aliphatic heterocycles. The van der Waals surface area contributed by atoms with Gasteiger partial charge in [-0.1, -0.05) is 103 Å². The Bertz CT molecular complexity index is 1050. The van der Waals surface area contributed by atoms with Crippen molar-refractivity contribution in [2.75, 3.05) is 4.43 Å². The summed E-state index contributed by atoms with van der Waals surface area (Å²) in [4.78, 5) is 0. The molecule has 3 aromatic rings. The predicted octanol–water partition coefficient (Wildman–Crippen LogP) is 7.56. The molecule has 0 spiro atoms. The van der Waals surface area contributed by atoms with Crippen LogP contribution in [0.25, 0.3) is 27.5 Å². The van der Waals surface area contributed by atoms with Crippen LogP contribution in [0.4, 0.5) is 0 Å². The van der Waals surface area contributed by atoms with E-state index in [1.807, 2.05) is 0 Å². The Morgan fingerprint density at radius 2 is 1.69 bits per heavy atom. The molecule has 0 bridgehead atoms. The van der Waals surface area contributed by atoms with E-state index < -0.39 is 0 Å². The van der Waals surface area contributed by atoms with E-state index in [1.165, 1.54) is 44.2 Å². The van der Waals surface area contributed by atoms with Crippen molar-refractivity contribution < 1.29 is 0 Å². The maximum atomic E-state index is 2.44. The van der Waals surface area contributed by atoms with Gasteiger partial charge in [0.2, 0.25) is 0 Å². The average Bonchev–Trinajstić information content (AvgIpc) is 2.88. The topological polar surface area (TPSA) is 0 Å². The molecule has 0 saturated carbocycles. The fourth-order valence-electron chi connectivity index (χ4n) is 4.32. The summed E-state index contributed by atoms with van der Waals surface area (Å²) >= 11 is 2.44. The van der Waals surface area contributed by atoms with Gasteiger partial charge >= 0.3 is 0 Å². The van der Waals surface area contributed by atoms with Crippen LogP contribution in [0.2, 0.25) is 0 Å². The summed E-state index contributed by atoms with van der Waals surface area (Å²) in [5.74, 6) is 0. The highest BCUT2D eigenvalue weighted by Crippen LogP contribution is 2.50. The average molecular weight is 450 g/mol. The van der Waals surface area contributed by atoms with E-state index in [-0.39, 0.29) is 5.41 Å². The van der Waals surface area contributed by atoms with E-state index in [9.17, 15) is 0 Å². The minimum atomic E-state index is 0.0446. The lowest BCUT2D eigenvalue weighted by Gasteiger charge is -2.22. The molecule has 0 fully saturated rings. The van der Waals surface area contributed by atoms with Crippen LogP contribution in [0.15, 0.2) is 78.4 Å². The monoisotopic (exact) mass is 450 g/mol. The van der Waals surface area contributed by atoms with Gasteiger partial charge in [0, 0.05) is 9.84 Å². The molecule has 3 aromatic carbocycles. The Balaban J connectivity index is 1.95. The van der Waals surface area contributed by atoms with E-state index in [4.69, 9.17) is 0 Å². The van der Waals surface area contributed by atoms with Gasteiger partial charge in [0.1, 0.15) is 0 Å². The number of allylic oxidation sites excluding steroid dienone is 4. The molecule has 26 heavy (non-hydrogen) atoms. The Kier molecular flexibility index (Phi) is 4.52. The van der Waals surface area contributed by atoms with E-state index in [1.54, 1.807) is 0 Å². The molecule has 0 nitrogen and oxygen atoms in total. The molecule has 1 aliphatic carbocycles. The minimum absolute atomic E-state index is 0.0446. The molecule has 0 atom stereocenters. The van der Waals surface area contributed by atoms with Crippen LogP contribution in [-0.4, -0.2) is 4.43 Å². The van der Waals surface area contributed by atoms with Crippen molar-refractivity contribution in [3.8, 4) is 11.1 Å². The largest absolute Gasteiger partial charge is 0.0818 e. The van der Waals surface area contributed by atoms with Crippen LogP contribution in [0, 0.1) is 0 Å². The van der Waals surface area contributed by atoms with E-state index in [0.717, 1.165) is 4.43 Å². The number of hydrogen-bond donors (Lipinski definition) is 0. The normalized spacial score (nSPS) is 18.6. The van der Waals surface area contributed by atoms with Crippen LogP contribution < -0.4 is 0 Å². The highest BCUT2D eigenvalue weighted by atomic mass is 127. The maximum absolute atomic E-state index is 2.44. The summed E-state index contributed by atoms with van der Waals surface area (Å²) in [6.45, 7) is 6.86. The summed E-state index contributed by atoms with van der Waals surface area (Å²) in [6, 6.07) is 22.3. The van der Waals surface area contributed by atoms with Crippen molar-refractivity contribution in [1.82, 2.24) is 0 Å². The third-order valence-corrected chi connectivity index (χ3v) is 6.06. The molecular weight excluding hydrogens is 427 g/mol. The zero-order valence-corrected chi connectivity index (χ0v) is 17.7. The molecule has 0 heterocycles. The van der Waals surface area contributed by atoms with Crippen LogP contribution in [0.1, 0.15) is 31.9 Å². The molecule has 0 N–H and O–H groups in total. The van der Waals surface area contributed by atoms with Crippen molar-refractivity contribution in [2.45, 2.75) is 26.2 Å². The third-order valence-electron chi connectivity index (χ3n) is 5.62. The lowest BCUT2D eigenvalue weighted by molar-refractivity contribution is 0.660. The molecule has 0 unspecified atom stereocenters. The quantitative estimate of drug-likeness (QED) is 0.279. The number of fused-ring (bicyclic) bond motifs is 2. The number of hydrogen-bond acceptors (Lipinski definition) is 0. The highest BCUT2D eigenvalue weighted by molar-refractivity contribution is 14.1. The molecule has 1 aliphatic rings. The van der Waals surface area contributed by atoms with E-state index in [0.29, 0.717) is 0 Å². The van der Waals surface area contributed by atoms with Crippen molar-refractivity contribution >= 4 is 38.9 Å². The zero-order chi connectivity index (χ0) is 18.3. The van der Waals surface area contributed by atoms with Gasteiger partial charge in [0.05, 0.1) is 0 Å². The van der Waals surface area contributed by atoms with Gasteiger partial charge in [0.15, 0.2) is 0 Å². The predicted molar refractivity (Wildman–Crippen MR) is 123 cm³/mol. The summed E-state index contributed by atoms with van der Waals surface area (Å²) in [7, 11) is 0. The van der Waals surface area contributed by atoms with Gasteiger partial charge in [-0.05, 0) is 57.2 Å². The third kappa shape index (κ3) is 2.64. The number of halogens is 1. The van der Waals surface area contributed by atoms with Crippen LogP contribution in [0.3, 0.4) is 0 Å². The molecule has 0 amide bonds. The van der Waals surface area contributed by atoms with Crippen LogP contribution in [0.5, 0.6) is 0 Å². The second kappa shape index (κ2) is 6.70. The second-order valence-corrected chi connectivity index (χ2v) is 8.27. The highest BCUT2D eigenvalue weighted by Gasteiger charge is 2.37. The van der Waals surface area contributed by atoms with Gasteiger partial charge < -0.3 is 0 Å². The van der Waals surface area contributed by atoms with Crippen molar-refractivity contribution in [1.29, 1.82) is 0 Å². The van der Waals surface area contributed by atoms with Crippen molar-refractivity contribution in [2.24, 2.45) is 0 Å². The first kappa shape index (κ1) is 17.5. The van der Waals surface area contributed by atoms with Crippen molar-refractivity contribution in [3.05, 3.63) is 89.5 Å². The lowest BCUT2D eigenvalue weighted by atomic mass is 9.81. The molecule has 0 aromatic heterocycles. The molecular formula is C25H23I. The smallest absolute Gasteiger partial charge is 0.0182 e. The fraction of sp³-hybridized carbons (Fsp3) is 0.200. The first-order valence-corrected chi connectivity index (χ1v) is 10.7. The maximum Gasteiger partial charge on any atom is 0.0182 e. The minimum Gasteiger partial charge on any atom is -0.0818 e. The van der Waals surface area contributed by atoms with Crippen LogP contribution in [-0.2, 0) is 5.41 Å². The Hall–Kier alpha value is -1.87. The van der Waals surface area contributed by atoms with Gasteiger partial charge in [0.25, 0.3) is 0 Å². The summed E-state index contributed by atoms with van der Waals surface area (Å²) in [6.07, 6.45) is 4.65.